The first-order chi connectivity index (χ1) is 17.5. The van der Waals surface area contributed by atoms with Gasteiger partial charge in [-0.3, -0.25) is 0 Å². The Balaban J connectivity index is 1.47. The van der Waals surface area contributed by atoms with Gasteiger partial charge in [0.05, 0.1) is 17.3 Å². The average molecular weight is 489 g/mol. The van der Waals surface area contributed by atoms with Gasteiger partial charge in [0, 0.05) is 0 Å². The fraction of sp³-hybridized carbons (Fsp3) is 0.179. The normalized spacial score (nSPS) is 13.9. The van der Waals surface area contributed by atoms with Crippen molar-refractivity contribution in [1.82, 2.24) is 0 Å². The lowest BCUT2D eigenvalue weighted by atomic mass is 10.1. The molecule has 1 N–H and O–H groups in total. The second kappa shape index (κ2) is 11.4. The van der Waals surface area contributed by atoms with Gasteiger partial charge < -0.3 is 19.4 Å². The van der Waals surface area contributed by atoms with E-state index in [-0.39, 0.29) is 11.1 Å². The van der Waals surface area contributed by atoms with Gasteiger partial charge in [-0.05, 0) is 45.8 Å². The van der Waals surface area contributed by atoms with Gasteiger partial charge in [-0.1, -0.05) is 65.8 Å². The summed E-state index contributed by atoms with van der Waals surface area (Å²) in [4.78, 5) is 29.8. The third kappa shape index (κ3) is 5.84. The van der Waals surface area contributed by atoms with E-state index in [9.17, 15) is 19.1 Å². The van der Waals surface area contributed by atoms with Gasteiger partial charge >= 0.3 is 11.9 Å². The van der Waals surface area contributed by atoms with Crippen molar-refractivity contribution >= 4 is 39.7 Å². The molecule has 0 saturated heterocycles. The molecular weight excluding hydrogens is 465 g/mol. The van der Waals surface area contributed by atoms with Gasteiger partial charge in [-0.25, -0.2) is 14.0 Å². The van der Waals surface area contributed by atoms with Crippen molar-refractivity contribution in [3.8, 4) is 0 Å². The maximum atomic E-state index is 14.8. The fourth-order valence-corrected chi connectivity index (χ4v) is 3.72. The number of alkyl halides is 1. The van der Waals surface area contributed by atoms with Crippen LogP contribution in [0.2, 0.25) is 0 Å². The second-order valence-corrected chi connectivity index (χ2v) is 8.04. The Kier molecular flexibility index (Phi) is 7.87. The first-order valence-electron chi connectivity index (χ1n) is 11.2. The van der Waals surface area contributed by atoms with E-state index in [0.717, 1.165) is 27.8 Å². The number of halogens is 1. The summed E-state index contributed by atoms with van der Waals surface area (Å²) in [5.74, 6) is -1.56. The second-order valence-electron chi connectivity index (χ2n) is 8.04. The third-order valence-corrected chi connectivity index (χ3v) is 5.60. The molecule has 4 aromatic rings. The summed E-state index contributed by atoms with van der Waals surface area (Å²) in [5.41, 5.74) is 0.443. The zero-order chi connectivity index (χ0) is 25.5. The average Bonchev–Trinajstić information content (AvgIpc) is 2.92. The topological polar surface area (TPSA) is 94.4 Å². The van der Waals surface area contributed by atoms with Gasteiger partial charge in [0.1, 0.15) is 19.8 Å². The summed E-state index contributed by atoms with van der Waals surface area (Å²) < 4.78 is 25.3. The summed E-state index contributed by atoms with van der Waals surface area (Å²) in [5, 5.41) is 17.5. The van der Waals surface area contributed by atoms with Crippen LogP contribution in [-0.4, -0.2) is 55.4 Å². The molecule has 0 aliphatic carbocycles. The summed E-state index contributed by atoms with van der Waals surface area (Å²) in [6.45, 7) is -0.609. The number of ether oxygens (including phenoxy) is 2. The van der Waals surface area contributed by atoms with Crippen LogP contribution in [0.15, 0.2) is 90.1 Å². The Morgan fingerprint density at radius 2 is 1.39 bits per heavy atom. The summed E-state index contributed by atoms with van der Waals surface area (Å²) >= 11 is 0. The number of esters is 2. The van der Waals surface area contributed by atoms with Crippen molar-refractivity contribution < 1.29 is 33.4 Å². The third-order valence-electron chi connectivity index (χ3n) is 5.60. The molecule has 0 aliphatic rings. The quantitative estimate of drug-likeness (QED) is 0.208. The molecule has 0 bridgehead atoms. The Labute approximate surface area is 206 Å². The summed E-state index contributed by atoms with van der Waals surface area (Å²) in [7, 11) is 1.22. The number of hydrogen-bond donors (Lipinski definition) is 1. The lowest BCUT2D eigenvalue weighted by Gasteiger charge is -2.24. The van der Waals surface area contributed by atoms with Crippen LogP contribution in [0.1, 0.15) is 20.7 Å². The van der Waals surface area contributed by atoms with Gasteiger partial charge in [-0.15, -0.1) is 0 Å². The van der Waals surface area contributed by atoms with Crippen molar-refractivity contribution in [2.75, 3.05) is 13.7 Å². The smallest absolute Gasteiger partial charge is 0.338 e. The summed E-state index contributed by atoms with van der Waals surface area (Å²) in [6.07, 6.45) is -4.64. The molecule has 0 fully saturated rings. The summed E-state index contributed by atoms with van der Waals surface area (Å²) in [6, 6.07) is 24.8. The van der Waals surface area contributed by atoms with Crippen molar-refractivity contribution in [2.45, 2.75) is 18.4 Å². The Morgan fingerprint density at radius 1 is 0.861 bits per heavy atom. The SMILES string of the molecule is CON=C[C@@H](F)[C@H](OC(=O)c1ccc2ccccc2c1)[C@H](O)COC(=O)c1ccc2ccccc2c1. The van der Waals surface area contributed by atoms with Crippen LogP contribution in [0, 0.1) is 0 Å². The van der Waals surface area contributed by atoms with E-state index in [0.29, 0.717) is 0 Å². The van der Waals surface area contributed by atoms with Gasteiger partial charge in [0.25, 0.3) is 0 Å². The molecule has 36 heavy (non-hydrogen) atoms. The number of carbonyl (C=O) groups excluding carboxylic acids is 2. The maximum absolute atomic E-state index is 14.8. The Bertz CT molecular complexity index is 1410. The molecule has 3 atom stereocenters. The molecule has 0 spiro atoms. The maximum Gasteiger partial charge on any atom is 0.338 e. The van der Waals surface area contributed by atoms with E-state index in [1.807, 2.05) is 48.5 Å². The molecule has 0 radical (unpaired) electrons. The highest BCUT2D eigenvalue weighted by Gasteiger charge is 2.33. The van der Waals surface area contributed by atoms with E-state index < -0.39 is 36.9 Å². The van der Waals surface area contributed by atoms with E-state index in [1.54, 1.807) is 36.4 Å². The van der Waals surface area contributed by atoms with E-state index in [2.05, 4.69) is 9.99 Å². The highest BCUT2D eigenvalue weighted by atomic mass is 19.1. The van der Waals surface area contributed by atoms with Crippen LogP contribution in [-0.2, 0) is 14.3 Å². The predicted octanol–water partition coefficient (Wildman–Crippen LogP) is 4.71. The molecule has 8 heteroatoms. The van der Waals surface area contributed by atoms with Crippen LogP contribution < -0.4 is 0 Å². The molecule has 0 heterocycles. The number of fused-ring (bicyclic) bond motifs is 2. The highest BCUT2D eigenvalue weighted by Crippen LogP contribution is 2.20. The molecule has 7 nitrogen and oxygen atoms in total. The number of oxime groups is 1. The van der Waals surface area contributed by atoms with Crippen LogP contribution in [0.5, 0.6) is 0 Å². The van der Waals surface area contributed by atoms with Crippen LogP contribution >= 0.6 is 0 Å². The molecule has 0 amide bonds. The van der Waals surface area contributed by atoms with E-state index in [4.69, 9.17) is 9.47 Å². The largest absolute Gasteiger partial charge is 0.459 e. The molecule has 4 aromatic carbocycles. The zero-order valence-corrected chi connectivity index (χ0v) is 19.4. The van der Waals surface area contributed by atoms with Gasteiger partial charge in [0.15, 0.2) is 12.3 Å². The van der Waals surface area contributed by atoms with Crippen LogP contribution in [0.3, 0.4) is 0 Å². The van der Waals surface area contributed by atoms with Crippen molar-refractivity contribution in [2.24, 2.45) is 5.16 Å². The Morgan fingerprint density at radius 3 is 1.94 bits per heavy atom. The number of nitrogens with zero attached hydrogens (tertiary/aromatic N) is 1. The molecule has 0 aromatic heterocycles. The van der Waals surface area contributed by atoms with Crippen LogP contribution in [0.4, 0.5) is 4.39 Å². The van der Waals surface area contributed by atoms with Crippen molar-refractivity contribution in [3.63, 3.8) is 0 Å². The number of carbonyl (C=O) groups is 2. The zero-order valence-electron chi connectivity index (χ0n) is 19.4. The van der Waals surface area contributed by atoms with Gasteiger partial charge in [-0.2, -0.15) is 0 Å². The molecule has 0 unspecified atom stereocenters. The van der Waals surface area contributed by atoms with Crippen molar-refractivity contribution in [3.05, 3.63) is 96.1 Å². The number of rotatable bonds is 9. The van der Waals surface area contributed by atoms with E-state index >= 15 is 0 Å². The Hall–Kier alpha value is -4.30. The molecule has 0 saturated carbocycles. The minimum absolute atomic E-state index is 0.176. The minimum atomic E-state index is -2.02. The highest BCUT2D eigenvalue weighted by molar-refractivity contribution is 5.96. The molecule has 4 rings (SSSR count). The lowest BCUT2D eigenvalue weighted by Crippen LogP contribution is -2.43. The predicted molar refractivity (Wildman–Crippen MR) is 134 cm³/mol. The number of hydrogen-bond acceptors (Lipinski definition) is 7. The number of benzene rings is 4. The van der Waals surface area contributed by atoms with Gasteiger partial charge in [0.2, 0.25) is 0 Å². The monoisotopic (exact) mass is 489 g/mol. The number of aliphatic hydroxyl groups is 1. The number of aliphatic hydroxyl groups excluding tert-OH is 1. The van der Waals surface area contributed by atoms with E-state index in [1.165, 1.54) is 7.11 Å². The van der Waals surface area contributed by atoms with Crippen molar-refractivity contribution in [1.29, 1.82) is 0 Å². The molecular formula is C28H24FNO6. The molecule has 184 valence electrons. The van der Waals surface area contributed by atoms with Crippen LogP contribution in [0.25, 0.3) is 21.5 Å². The fourth-order valence-electron chi connectivity index (χ4n) is 3.72. The first-order valence-corrected chi connectivity index (χ1v) is 11.2. The molecule has 0 aliphatic heterocycles. The first kappa shape index (κ1) is 24.8. The minimum Gasteiger partial charge on any atom is -0.459 e. The standard InChI is InChI=1S/C28H24FNO6/c1-34-30-16-24(29)26(36-28(33)23-13-11-19-7-3-5-9-21(19)15-23)25(31)17-35-27(32)22-12-10-18-6-2-4-8-20(18)14-22/h2-16,24-26,31H,17H2,1H3/t24-,25-,26+/m1/s1. The lowest BCUT2D eigenvalue weighted by molar-refractivity contribution is -0.0594.